The van der Waals surface area contributed by atoms with Crippen molar-refractivity contribution < 1.29 is 23.5 Å². The van der Waals surface area contributed by atoms with Gasteiger partial charge in [0.1, 0.15) is 0 Å². The van der Waals surface area contributed by atoms with Gasteiger partial charge in [-0.2, -0.15) is 4.98 Å². The zero-order chi connectivity index (χ0) is 22.3. The zero-order valence-corrected chi connectivity index (χ0v) is 17.8. The summed E-state index contributed by atoms with van der Waals surface area (Å²) in [6.45, 7) is -0.0960. The Bertz CT molecular complexity index is 1190. The number of hydrogen-bond acceptors (Lipinski definition) is 7. The Morgan fingerprint density at radius 1 is 0.844 bits per heavy atom. The molecule has 0 fully saturated rings. The Morgan fingerprint density at radius 3 is 2.25 bits per heavy atom. The van der Waals surface area contributed by atoms with Crippen molar-refractivity contribution in [1.29, 1.82) is 0 Å². The van der Waals surface area contributed by atoms with E-state index in [9.17, 15) is 4.79 Å². The molecule has 4 rings (SSSR count). The van der Waals surface area contributed by atoms with Crippen molar-refractivity contribution in [2.45, 2.75) is 13.0 Å². The predicted molar refractivity (Wildman–Crippen MR) is 118 cm³/mol. The number of rotatable bonds is 8. The highest BCUT2D eigenvalue weighted by Crippen LogP contribution is 2.31. The fraction of sp³-hybridized carbons (Fsp3) is 0.160. The maximum absolute atomic E-state index is 12.2. The van der Waals surface area contributed by atoms with E-state index in [0.717, 1.165) is 16.7 Å². The fourth-order valence-corrected chi connectivity index (χ4v) is 3.21. The third-order valence-electron chi connectivity index (χ3n) is 4.88. The number of aromatic nitrogens is 2. The van der Waals surface area contributed by atoms with Gasteiger partial charge in [0.15, 0.2) is 18.1 Å². The molecule has 32 heavy (non-hydrogen) atoms. The van der Waals surface area contributed by atoms with Gasteiger partial charge < -0.3 is 18.7 Å². The number of carbonyl (C=O) groups is 1. The number of benzene rings is 3. The van der Waals surface area contributed by atoms with Crippen LogP contribution in [0, 0.1) is 0 Å². The lowest BCUT2D eigenvalue weighted by Crippen LogP contribution is -2.08. The first-order valence-corrected chi connectivity index (χ1v) is 10.0. The Morgan fingerprint density at radius 2 is 1.53 bits per heavy atom. The minimum absolute atomic E-state index is 0.0960. The van der Waals surface area contributed by atoms with Gasteiger partial charge in [0.2, 0.25) is 5.82 Å². The smallest absolute Gasteiger partial charge is 0.310 e. The summed E-state index contributed by atoms with van der Waals surface area (Å²) in [5.74, 6) is 1.37. The molecular weight excluding hydrogens is 408 g/mol. The average molecular weight is 430 g/mol. The molecule has 7 heteroatoms. The van der Waals surface area contributed by atoms with Gasteiger partial charge in [-0.3, -0.25) is 4.79 Å². The second kappa shape index (κ2) is 9.78. The van der Waals surface area contributed by atoms with E-state index in [0.29, 0.717) is 22.9 Å². The van der Waals surface area contributed by atoms with Crippen LogP contribution in [-0.4, -0.2) is 30.3 Å². The maximum atomic E-state index is 12.2. The third kappa shape index (κ3) is 4.95. The molecule has 0 aliphatic heterocycles. The minimum atomic E-state index is -0.372. The van der Waals surface area contributed by atoms with Crippen molar-refractivity contribution in [1.82, 2.24) is 10.1 Å². The van der Waals surface area contributed by atoms with Gasteiger partial charge >= 0.3 is 5.97 Å². The van der Waals surface area contributed by atoms with Crippen LogP contribution >= 0.6 is 0 Å². The van der Waals surface area contributed by atoms with E-state index < -0.39 is 0 Å². The number of carbonyl (C=O) groups excluding carboxylic acids is 1. The van der Waals surface area contributed by atoms with Crippen LogP contribution in [0.4, 0.5) is 0 Å². The van der Waals surface area contributed by atoms with E-state index in [1.807, 2.05) is 54.6 Å². The summed E-state index contributed by atoms with van der Waals surface area (Å²) in [5.41, 5.74) is 3.79. The molecule has 1 aromatic heterocycles. The Labute approximate surface area is 185 Å². The zero-order valence-electron chi connectivity index (χ0n) is 17.8. The summed E-state index contributed by atoms with van der Waals surface area (Å²) in [7, 11) is 3.12. The van der Waals surface area contributed by atoms with Crippen LogP contribution in [0.25, 0.3) is 22.5 Å². The van der Waals surface area contributed by atoms with Gasteiger partial charge in [-0.15, -0.1) is 0 Å². The normalized spacial score (nSPS) is 10.6. The summed E-state index contributed by atoms with van der Waals surface area (Å²) in [5, 5.41) is 3.94. The second-order valence-corrected chi connectivity index (χ2v) is 6.98. The summed E-state index contributed by atoms with van der Waals surface area (Å²) >= 11 is 0. The lowest BCUT2D eigenvalue weighted by molar-refractivity contribution is -0.144. The second-order valence-electron chi connectivity index (χ2n) is 6.98. The summed E-state index contributed by atoms with van der Waals surface area (Å²) in [6, 6.07) is 23.2. The van der Waals surface area contributed by atoms with Crippen molar-refractivity contribution in [2.24, 2.45) is 0 Å². The average Bonchev–Trinajstić information content (AvgIpc) is 3.32. The first-order chi connectivity index (χ1) is 15.7. The summed E-state index contributed by atoms with van der Waals surface area (Å²) < 4.78 is 21.0. The van der Waals surface area contributed by atoms with Crippen molar-refractivity contribution >= 4 is 5.97 Å². The van der Waals surface area contributed by atoms with Gasteiger partial charge in [0.05, 0.1) is 20.6 Å². The maximum Gasteiger partial charge on any atom is 0.310 e. The molecule has 0 amide bonds. The van der Waals surface area contributed by atoms with Crippen molar-refractivity contribution in [3.8, 4) is 34.0 Å². The van der Waals surface area contributed by atoms with E-state index in [1.165, 1.54) is 0 Å². The molecule has 7 nitrogen and oxygen atoms in total. The third-order valence-corrected chi connectivity index (χ3v) is 4.88. The Balaban J connectivity index is 1.33. The predicted octanol–water partition coefficient (Wildman–Crippen LogP) is 4.71. The monoisotopic (exact) mass is 430 g/mol. The largest absolute Gasteiger partial charge is 0.493 e. The van der Waals surface area contributed by atoms with Gasteiger partial charge in [-0.1, -0.05) is 59.8 Å². The Hall–Kier alpha value is -4.13. The number of ether oxygens (including phenoxy) is 3. The molecule has 3 aromatic carbocycles. The lowest BCUT2D eigenvalue weighted by atomic mass is 10.0. The number of nitrogens with zero attached hydrogens (tertiary/aromatic N) is 2. The molecule has 0 N–H and O–H groups in total. The molecule has 4 aromatic rings. The molecule has 0 atom stereocenters. The Kier molecular flexibility index (Phi) is 6.46. The van der Waals surface area contributed by atoms with Gasteiger partial charge in [-0.25, -0.2) is 0 Å². The van der Waals surface area contributed by atoms with Gasteiger partial charge in [0.25, 0.3) is 5.89 Å². The van der Waals surface area contributed by atoms with Crippen molar-refractivity contribution in [3.05, 3.63) is 84.3 Å². The molecule has 0 bridgehead atoms. The van der Waals surface area contributed by atoms with Crippen LogP contribution < -0.4 is 9.47 Å². The van der Waals surface area contributed by atoms with E-state index in [4.69, 9.17) is 18.7 Å². The SMILES string of the molecule is COc1ccc(-c2noc(COC(=O)Cc3ccc(-c4ccccc4)cc3)n2)cc1OC. The van der Waals surface area contributed by atoms with Crippen LogP contribution in [0.3, 0.4) is 0 Å². The van der Waals surface area contributed by atoms with Crippen LogP contribution in [0.2, 0.25) is 0 Å². The quantitative estimate of drug-likeness (QED) is 0.374. The van der Waals surface area contributed by atoms with Crippen LogP contribution in [0.5, 0.6) is 11.5 Å². The molecule has 0 radical (unpaired) electrons. The van der Waals surface area contributed by atoms with Crippen molar-refractivity contribution in [3.63, 3.8) is 0 Å². The molecular formula is C25H22N2O5. The molecule has 0 unspecified atom stereocenters. The minimum Gasteiger partial charge on any atom is -0.493 e. The summed E-state index contributed by atoms with van der Waals surface area (Å²) in [4.78, 5) is 16.5. The van der Waals surface area contributed by atoms with Crippen LogP contribution in [0.1, 0.15) is 11.5 Å². The highest BCUT2D eigenvalue weighted by Gasteiger charge is 2.14. The standard InChI is InChI=1S/C25H22N2O5/c1-29-21-13-12-20(15-22(21)30-2)25-26-23(32-27-25)16-31-24(28)14-17-8-10-19(11-9-17)18-6-4-3-5-7-18/h3-13,15H,14,16H2,1-2H3. The van der Waals surface area contributed by atoms with E-state index in [-0.39, 0.29) is 24.9 Å². The number of methoxy groups -OCH3 is 2. The highest BCUT2D eigenvalue weighted by molar-refractivity contribution is 5.73. The molecule has 0 saturated heterocycles. The van der Waals surface area contributed by atoms with E-state index >= 15 is 0 Å². The summed E-state index contributed by atoms with van der Waals surface area (Å²) in [6.07, 6.45) is 0.158. The first kappa shape index (κ1) is 21.1. The van der Waals surface area contributed by atoms with E-state index in [1.54, 1.807) is 32.4 Å². The van der Waals surface area contributed by atoms with E-state index in [2.05, 4.69) is 10.1 Å². The topological polar surface area (TPSA) is 83.7 Å². The van der Waals surface area contributed by atoms with Gasteiger partial charge in [0, 0.05) is 5.56 Å². The van der Waals surface area contributed by atoms with Gasteiger partial charge in [-0.05, 0) is 34.9 Å². The molecule has 0 saturated carbocycles. The van der Waals surface area contributed by atoms with Crippen molar-refractivity contribution in [2.75, 3.05) is 14.2 Å². The molecule has 1 heterocycles. The highest BCUT2D eigenvalue weighted by atomic mass is 16.6. The molecule has 0 aliphatic carbocycles. The fourth-order valence-electron chi connectivity index (χ4n) is 3.21. The van der Waals surface area contributed by atoms with Crippen LogP contribution in [0.15, 0.2) is 77.3 Å². The molecule has 0 aliphatic rings. The number of esters is 1. The molecule has 0 spiro atoms. The molecule has 162 valence electrons. The number of hydrogen-bond donors (Lipinski definition) is 0. The van der Waals surface area contributed by atoms with Crippen LogP contribution in [-0.2, 0) is 22.6 Å². The lowest BCUT2D eigenvalue weighted by Gasteiger charge is -2.07. The first-order valence-electron chi connectivity index (χ1n) is 10.0.